The fraction of sp³-hybridized carbons (Fsp3) is 0.357. The minimum absolute atomic E-state index is 0.501. The highest BCUT2D eigenvalue weighted by atomic mass is 15.0. The van der Waals surface area contributed by atoms with Crippen molar-refractivity contribution in [3.05, 3.63) is 35.7 Å². The van der Waals surface area contributed by atoms with Crippen LogP contribution >= 0.6 is 0 Å². The summed E-state index contributed by atoms with van der Waals surface area (Å²) in [7, 11) is 0. The molecule has 0 amide bonds. The molecule has 0 spiro atoms. The zero-order valence-corrected chi connectivity index (χ0v) is 11.0. The molecule has 0 saturated heterocycles. The fourth-order valence-electron chi connectivity index (χ4n) is 1.87. The van der Waals surface area contributed by atoms with Crippen LogP contribution in [0, 0.1) is 12.8 Å². The van der Waals surface area contributed by atoms with Crippen molar-refractivity contribution in [2.45, 2.75) is 27.2 Å². The van der Waals surface area contributed by atoms with Crippen molar-refractivity contribution in [1.29, 1.82) is 0 Å². The van der Waals surface area contributed by atoms with Gasteiger partial charge in [-0.25, -0.2) is 9.97 Å². The number of nitrogen functional groups attached to an aromatic ring is 1. The van der Waals surface area contributed by atoms with Gasteiger partial charge in [-0.15, -0.1) is 0 Å². The summed E-state index contributed by atoms with van der Waals surface area (Å²) < 4.78 is 0. The first kappa shape index (κ1) is 12.5. The largest absolute Gasteiger partial charge is 0.384 e. The van der Waals surface area contributed by atoms with Gasteiger partial charge in [-0.3, -0.25) is 4.98 Å². The van der Waals surface area contributed by atoms with Crippen molar-refractivity contribution in [2.24, 2.45) is 5.92 Å². The predicted octanol–water partition coefficient (Wildman–Crippen LogP) is 2.63. The molecule has 0 aliphatic rings. The molecule has 2 N–H and O–H groups in total. The Kier molecular flexibility index (Phi) is 3.55. The van der Waals surface area contributed by atoms with Gasteiger partial charge in [0.25, 0.3) is 0 Å². The summed E-state index contributed by atoms with van der Waals surface area (Å²) >= 11 is 0. The third-order valence-electron chi connectivity index (χ3n) is 2.64. The van der Waals surface area contributed by atoms with E-state index < -0.39 is 0 Å². The van der Waals surface area contributed by atoms with Crippen LogP contribution in [-0.4, -0.2) is 15.0 Å². The molecule has 0 aliphatic carbocycles. The fourth-order valence-corrected chi connectivity index (χ4v) is 1.87. The molecule has 2 rings (SSSR count). The van der Waals surface area contributed by atoms with E-state index in [1.807, 2.05) is 25.1 Å². The molecular weight excluding hydrogens is 224 g/mol. The molecule has 0 fully saturated rings. The van der Waals surface area contributed by atoms with Crippen LogP contribution in [0.15, 0.2) is 24.4 Å². The molecule has 18 heavy (non-hydrogen) atoms. The first-order chi connectivity index (χ1) is 8.56. The van der Waals surface area contributed by atoms with Gasteiger partial charge < -0.3 is 5.73 Å². The van der Waals surface area contributed by atoms with Crippen molar-refractivity contribution >= 4 is 5.82 Å². The maximum Gasteiger partial charge on any atom is 0.180 e. The van der Waals surface area contributed by atoms with Crippen molar-refractivity contribution in [2.75, 3.05) is 5.73 Å². The number of aromatic nitrogens is 3. The minimum atomic E-state index is 0.501. The second-order valence-electron chi connectivity index (χ2n) is 4.87. The van der Waals surface area contributed by atoms with Crippen LogP contribution < -0.4 is 5.73 Å². The number of pyridine rings is 1. The molecule has 2 heterocycles. The molecule has 0 aromatic carbocycles. The van der Waals surface area contributed by atoms with Crippen molar-refractivity contribution in [3.8, 4) is 11.5 Å². The van der Waals surface area contributed by atoms with E-state index in [4.69, 9.17) is 5.73 Å². The van der Waals surface area contributed by atoms with Crippen LogP contribution in [0.25, 0.3) is 11.5 Å². The summed E-state index contributed by atoms with van der Waals surface area (Å²) in [5.74, 6) is 1.65. The van der Waals surface area contributed by atoms with Gasteiger partial charge in [0.15, 0.2) is 5.82 Å². The van der Waals surface area contributed by atoms with Crippen LogP contribution in [-0.2, 0) is 6.42 Å². The van der Waals surface area contributed by atoms with Crippen molar-refractivity contribution in [1.82, 2.24) is 15.0 Å². The number of rotatable bonds is 3. The van der Waals surface area contributed by atoms with Crippen LogP contribution in [0.1, 0.15) is 25.1 Å². The Bertz CT molecular complexity index is 549. The Morgan fingerprint density at radius 3 is 2.72 bits per heavy atom. The third kappa shape index (κ3) is 2.83. The molecule has 94 valence electrons. The summed E-state index contributed by atoms with van der Waals surface area (Å²) in [5.41, 5.74) is 8.67. The van der Waals surface area contributed by atoms with E-state index in [-0.39, 0.29) is 0 Å². The lowest BCUT2D eigenvalue weighted by molar-refractivity contribution is 0.635. The molecule has 0 saturated carbocycles. The van der Waals surface area contributed by atoms with Gasteiger partial charge in [-0.2, -0.15) is 0 Å². The highest BCUT2D eigenvalue weighted by Crippen LogP contribution is 2.19. The molecule has 4 heteroatoms. The Balaban J connectivity index is 2.45. The Morgan fingerprint density at radius 1 is 1.28 bits per heavy atom. The molecule has 0 unspecified atom stereocenters. The molecule has 0 atom stereocenters. The van der Waals surface area contributed by atoms with Crippen LogP contribution in [0.2, 0.25) is 0 Å². The Morgan fingerprint density at radius 2 is 2.06 bits per heavy atom. The quantitative estimate of drug-likeness (QED) is 0.898. The van der Waals surface area contributed by atoms with Gasteiger partial charge in [-0.1, -0.05) is 19.9 Å². The van der Waals surface area contributed by atoms with Gasteiger partial charge in [0.05, 0.1) is 0 Å². The topological polar surface area (TPSA) is 64.7 Å². The second kappa shape index (κ2) is 5.12. The van der Waals surface area contributed by atoms with Crippen molar-refractivity contribution in [3.63, 3.8) is 0 Å². The van der Waals surface area contributed by atoms with E-state index in [1.54, 1.807) is 6.20 Å². The van der Waals surface area contributed by atoms with E-state index in [9.17, 15) is 0 Å². The predicted molar refractivity (Wildman–Crippen MR) is 73.0 cm³/mol. The Hall–Kier alpha value is -1.97. The van der Waals surface area contributed by atoms with Gasteiger partial charge >= 0.3 is 0 Å². The van der Waals surface area contributed by atoms with Gasteiger partial charge in [0, 0.05) is 18.0 Å². The maximum absolute atomic E-state index is 5.84. The first-order valence-electron chi connectivity index (χ1n) is 6.11. The minimum Gasteiger partial charge on any atom is -0.384 e. The molecule has 2 aromatic rings. The molecule has 2 aromatic heterocycles. The van der Waals surface area contributed by atoms with Gasteiger partial charge in [0.2, 0.25) is 0 Å². The summed E-state index contributed by atoms with van der Waals surface area (Å²) in [6, 6.07) is 5.74. The lowest BCUT2D eigenvalue weighted by atomic mass is 10.1. The average Bonchev–Trinajstić information content (AvgIpc) is 2.27. The number of nitrogens with two attached hydrogens (primary N) is 1. The Labute approximate surface area is 107 Å². The molecular formula is C14H18N4. The molecule has 4 nitrogen and oxygen atoms in total. The second-order valence-corrected chi connectivity index (χ2v) is 4.87. The van der Waals surface area contributed by atoms with E-state index in [1.165, 1.54) is 0 Å². The SMILES string of the molecule is Cc1cccnc1-c1nc(N)cc(CC(C)C)n1. The van der Waals surface area contributed by atoms with E-state index in [0.717, 1.165) is 23.4 Å². The van der Waals surface area contributed by atoms with Crippen molar-refractivity contribution < 1.29 is 0 Å². The van der Waals surface area contributed by atoms with E-state index in [0.29, 0.717) is 17.6 Å². The average molecular weight is 242 g/mol. The zero-order chi connectivity index (χ0) is 13.1. The number of aryl methyl sites for hydroxylation is 1. The summed E-state index contributed by atoms with van der Waals surface area (Å²) in [4.78, 5) is 13.2. The number of hydrogen-bond acceptors (Lipinski definition) is 4. The molecule has 0 radical (unpaired) electrons. The zero-order valence-electron chi connectivity index (χ0n) is 11.0. The van der Waals surface area contributed by atoms with Crippen LogP contribution in [0.5, 0.6) is 0 Å². The molecule has 0 bridgehead atoms. The molecule has 0 aliphatic heterocycles. The summed E-state index contributed by atoms with van der Waals surface area (Å²) in [6.45, 7) is 6.31. The van der Waals surface area contributed by atoms with Gasteiger partial charge in [-0.05, 0) is 30.9 Å². The van der Waals surface area contributed by atoms with Crippen LogP contribution in [0.4, 0.5) is 5.82 Å². The summed E-state index contributed by atoms with van der Waals surface area (Å²) in [6.07, 6.45) is 2.64. The smallest absolute Gasteiger partial charge is 0.180 e. The van der Waals surface area contributed by atoms with E-state index >= 15 is 0 Å². The normalized spacial score (nSPS) is 10.9. The third-order valence-corrected chi connectivity index (χ3v) is 2.64. The lowest BCUT2D eigenvalue weighted by Gasteiger charge is -2.08. The summed E-state index contributed by atoms with van der Waals surface area (Å²) in [5, 5.41) is 0. The van der Waals surface area contributed by atoms with Gasteiger partial charge in [0.1, 0.15) is 11.5 Å². The highest BCUT2D eigenvalue weighted by Gasteiger charge is 2.09. The maximum atomic E-state index is 5.84. The van der Waals surface area contributed by atoms with E-state index in [2.05, 4.69) is 28.8 Å². The standard InChI is InChI=1S/C14H18N4/c1-9(2)7-11-8-12(15)18-14(17-11)13-10(3)5-4-6-16-13/h4-6,8-9H,7H2,1-3H3,(H2,15,17,18). The lowest BCUT2D eigenvalue weighted by Crippen LogP contribution is -2.04. The first-order valence-corrected chi connectivity index (χ1v) is 6.11. The van der Waals surface area contributed by atoms with Crippen LogP contribution in [0.3, 0.4) is 0 Å². The number of hydrogen-bond donors (Lipinski definition) is 1. The number of anilines is 1. The number of nitrogens with zero attached hydrogens (tertiary/aromatic N) is 3. The highest BCUT2D eigenvalue weighted by molar-refractivity contribution is 5.56. The monoisotopic (exact) mass is 242 g/mol.